The number of hydrogen-bond acceptors (Lipinski definition) is 0. The fraction of sp³-hybridized carbons (Fsp3) is 0.0714. The first kappa shape index (κ1) is 18.0. The normalized spacial score (nSPS) is 12.5. The molecule has 0 bridgehead atoms. The third kappa shape index (κ3) is 3.82. The van der Waals surface area contributed by atoms with E-state index in [0.717, 1.165) is 11.1 Å². The van der Waals surface area contributed by atoms with Gasteiger partial charge in [-0.2, -0.15) is 0 Å². The minimum absolute atomic E-state index is 1.03. The van der Waals surface area contributed by atoms with Gasteiger partial charge in [0.2, 0.25) is 0 Å². The van der Waals surface area contributed by atoms with Crippen molar-refractivity contribution >= 4 is 32.7 Å². The van der Waals surface area contributed by atoms with Crippen LogP contribution < -0.4 is 0 Å². The first-order valence-electron chi connectivity index (χ1n) is 9.64. The monoisotopic (exact) mass is 360 g/mol. The van der Waals surface area contributed by atoms with E-state index in [2.05, 4.69) is 118 Å². The maximum Gasteiger partial charge on any atom is -0.0178 e. The molecule has 0 unspecified atom stereocenters. The summed E-state index contributed by atoms with van der Waals surface area (Å²) in [4.78, 5) is 0. The zero-order chi connectivity index (χ0) is 19.5. The predicted octanol–water partition coefficient (Wildman–Crippen LogP) is 8.06. The number of hydrogen-bond donors (Lipinski definition) is 0. The molecule has 0 aliphatic carbocycles. The predicted molar refractivity (Wildman–Crippen MR) is 124 cm³/mol. The highest BCUT2D eigenvalue weighted by atomic mass is 14.1. The summed E-state index contributed by atoms with van der Waals surface area (Å²) in [5.74, 6) is 0. The van der Waals surface area contributed by atoms with E-state index in [4.69, 9.17) is 0 Å². The molecule has 0 heterocycles. The van der Waals surface area contributed by atoms with Crippen LogP contribution in [0.3, 0.4) is 0 Å². The van der Waals surface area contributed by atoms with Gasteiger partial charge >= 0.3 is 0 Å². The molecule has 0 aromatic heterocycles. The van der Waals surface area contributed by atoms with Gasteiger partial charge in [0.05, 0.1) is 0 Å². The van der Waals surface area contributed by atoms with E-state index in [9.17, 15) is 0 Å². The lowest BCUT2D eigenvalue weighted by atomic mass is 9.98. The fourth-order valence-corrected chi connectivity index (χ4v) is 3.65. The third-order valence-corrected chi connectivity index (χ3v) is 5.17. The molecule has 0 N–H and O–H groups in total. The van der Waals surface area contributed by atoms with E-state index in [1.54, 1.807) is 0 Å². The lowest BCUT2D eigenvalue weighted by molar-refractivity contribution is 1.49. The van der Waals surface area contributed by atoms with Gasteiger partial charge in [-0.05, 0) is 69.8 Å². The summed E-state index contributed by atoms with van der Waals surface area (Å²) in [5, 5.41) is 5.05. The van der Waals surface area contributed by atoms with E-state index < -0.39 is 0 Å². The van der Waals surface area contributed by atoms with Crippen LogP contribution in [0.15, 0.2) is 109 Å². The molecule has 4 rings (SSSR count). The molecule has 0 heteroatoms. The molecule has 136 valence electrons. The van der Waals surface area contributed by atoms with Gasteiger partial charge in [0.25, 0.3) is 0 Å². The van der Waals surface area contributed by atoms with Crippen LogP contribution in [0.1, 0.15) is 25.0 Å². The summed E-state index contributed by atoms with van der Waals surface area (Å²) in [7, 11) is 0. The molecule has 0 fully saturated rings. The maximum absolute atomic E-state index is 4.29. The number of allylic oxidation sites excluding steroid dienone is 5. The van der Waals surface area contributed by atoms with Crippen molar-refractivity contribution in [3.05, 3.63) is 120 Å². The Labute approximate surface area is 167 Å². The van der Waals surface area contributed by atoms with Crippen molar-refractivity contribution in [2.24, 2.45) is 0 Å². The molecule has 0 saturated heterocycles. The van der Waals surface area contributed by atoms with E-state index in [1.165, 1.54) is 38.3 Å². The Morgan fingerprint density at radius 1 is 0.607 bits per heavy atom. The highest BCUT2D eigenvalue weighted by Gasteiger charge is 2.01. The van der Waals surface area contributed by atoms with Crippen molar-refractivity contribution < 1.29 is 0 Å². The summed E-state index contributed by atoms with van der Waals surface area (Å²) < 4.78 is 0. The van der Waals surface area contributed by atoms with E-state index in [0.29, 0.717) is 0 Å². The molecule has 0 radical (unpaired) electrons. The second-order valence-corrected chi connectivity index (χ2v) is 7.36. The largest absolute Gasteiger partial charge is 0.0911 e. The van der Waals surface area contributed by atoms with Gasteiger partial charge in [-0.25, -0.2) is 0 Å². The topological polar surface area (TPSA) is 0 Å². The Hall–Kier alpha value is -3.38. The summed E-state index contributed by atoms with van der Waals surface area (Å²) in [6.07, 6.45) is 4.39. The molecule has 0 saturated carbocycles. The molecule has 0 amide bonds. The third-order valence-electron chi connectivity index (χ3n) is 5.17. The second-order valence-electron chi connectivity index (χ2n) is 7.36. The van der Waals surface area contributed by atoms with Gasteiger partial charge in [0.1, 0.15) is 0 Å². The van der Waals surface area contributed by atoms with Crippen LogP contribution in [0.25, 0.3) is 32.7 Å². The molecule has 0 aliphatic heterocycles. The molecule has 0 nitrogen and oxygen atoms in total. The zero-order valence-corrected chi connectivity index (χ0v) is 16.4. The summed E-state index contributed by atoms with van der Waals surface area (Å²) in [6.45, 7) is 8.59. The molecular weight excluding hydrogens is 336 g/mol. The van der Waals surface area contributed by atoms with Gasteiger partial charge in [-0.15, -0.1) is 0 Å². The van der Waals surface area contributed by atoms with Crippen molar-refractivity contribution in [2.75, 3.05) is 0 Å². The Morgan fingerprint density at radius 2 is 1.11 bits per heavy atom. The quantitative estimate of drug-likeness (QED) is 0.323. The van der Waals surface area contributed by atoms with Gasteiger partial charge in [-0.1, -0.05) is 97.1 Å². The van der Waals surface area contributed by atoms with E-state index in [-0.39, 0.29) is 0 Å². The molecule has 4 aromatic carbocycles. The van der Waals surface area contributed by atoms with Crippen molar-refractivity contribution in [1.82, 2.24) is 0 Å². The van der Waals surface area contributed by atoms with Crippen molar-refractivity contribution in [2.45, 2.75) is 13.8 Å². The zero-order valence-electron chi connectivity index (χ0n) is 16.4. The Kier molecular flexibility index (Phi) is 4.95. The van der Waals surface area contributed by atoms with E-state index >= 15 is 0 Å². The molecular formula is C28H24. The standard InChI is InChI=1S/C28H24/c1-20(16-21(2)25-14-12-23-8-4-6-10-27(23)18-25)17-22(3)26-15-13-24-9-5-7-11-28(24)19-26/h4-19H,2H2,1,3H3/b20-16-,22-17+. The van der Waals surface area contributed by atoms with Crippen LogP contribution in [-0.4, -0.2) is 0 Å². The smallest absolute Gasteiger partial charge is 0.0178 e. The van der Waals surface area contributed by atoms with Gasteiger partial charge in [0, 0.05) is 0 Å². The molecule has 28 heavy (non-hydrogen) atoms. The summed E-state index contributed by atoms with van der Waals surface area (Å²) in [6, 6.07) is 30.1. The number of benzene rings is 4. The first-order chi connectivity index (χ1) is 13.6. The van der Waals surface area contributed by atoms with E-state index in [1.807, 2.05) is 0 Å². The SMILES string of the molecule is C=C(/C=C(C)\C=C(/C)c1ccc2ccccc2c1)c1ccc2ccccc2c1. The second kappa shape index (κ2) is 7.70. The van der Waals surface area contributed by atoms with Gasteiger partial charge < -0.3 is 0 Å². The van der Waals surface area contributed by atoms with Crippen LogP contribution in [0, 0.1) is 0 Å². The summed E-state index contributed by atoms with van der Waals surface area (Å²) in [5.41, 5.74) is 5.90. The fourth-order valence-electron chi connectivity index (χ4n) is 3.65. The van der Waals surface area contributed by atoms with Crippen LogP contribution >= 0.6 is 0 Å². The first-order valence-corrected chi connectivity index (χ1v) is 9.64. The maximum atomic E-state index is 4.29. The van der Waals surface area contributed by atoms with Gasteiger partial charge in [-0.3, -0.25) is 0 Å². The lowest BCUT2D eigenvalue weighted by Crippen LogP contribution is -1.84. The summed E-state index contributed by atoms with van der Waals surface area (Å²) >= 11 is 0. The molecule has 0 aliphatic rings. The van der Waals surface area contributed by atoms with Crippen LogP contribution in [0.5, 0.6) is 0 Å². The highest BCUT2D eigenvalue weighted by molar-refractivity contribution is 5.88. The molecule has 4 aromatic rings. The van der Waals surface area contributed by atoms with Crippen molar-refractivity contribution in [3.63, 3.8) is 0 Å². The average molecular weight is 361 g/mol. The van der Waals surface area contributed by atoms with Crippen LogP contribution in [0.2, 0.25) is 0 Å². The Bertz CT molecular complexity index is 1240. The number of rotatable bonds is 4. The minimum atomic E-state index is 1.03. The number of fused-ring (bicyclic) bond motifs is 2. The van der Waals surface area contributed by atoms with Gasteiger partial charge in [0.15, 0.2) is 0 Å². The van der Waals surface area contributed by atoms with Crippen molar-refractivity contribution in [3.8, 4) is 0 Å². The Morgan fingerprint density at radius 3 is 1.71 bits per heavy atom. The van der Waals surface area contributed by atoms with Crippen molar-refractivity contribution in [1.29, 1.82) is 0 Å². The highest BCUT2D eigenvalue weighted by Crippen LogP contribution is 2.25. The average Bonchev–Trinajstić information content (AvgIpc) is 2.72. The van der Waals surface area contributed by atoms with Crippen LogP contribution in [0.4, 0.5) is 0 Å². The lowest BCUT2D eigenvalue weighted by Gasteiger charge is -2.07. The minimum Gasteiger partial charge on any atom is -0.0911 e. The van der Waals surface area contributed by atoms with Crippen LogP contribution in [-0.2, 0) is 0 Å². The molecule has 0 atom stereocenters. The Balaban J connectivity index is 1.60. The molecule has 0 spiro atoms.